The molecule has 0 saturated heterocycles. The minimum absolute atomic E-state index is 0.00132. The average molecular weight is 373 g/mol. The summed E-state index contributed by atoms with van der Waals surface area (Å²) in [6, 6.07) is 16.4. The molecule has 2 aliphatic rings. The van der Waals surface area contributed by atoms with Gasteiger partial charge in [0.25, 0.3) is 5.91 Å². The molecule has 2 heterocycles. The van der Waals surface area contributed by atoms with E-state index in [2.05, 4.69) is 22.3 Å². The van der Waals surface area contributed by atoms with Gasteiger partial charge in [0, 0.05) is 24.5 Å². The third kappa shape index (κ3) is 3.17. The highest BCUT2D eigenvalue weighted by Gasteiger charge is 2.26. The molecule has 1 fully saturated rings. The zero-order valence-corrected chi connectivity index (χ0v) is 15.9. The van der Waals surface area contributed by atoms with E-state index in [1.807, 2.05) is 36.4 Å². The van der Waals surface area contributed by atoms with Gasteiger partial charge in [-0.15, -0.1) is 0 Å². The van der Waals surface area contributed by atoms with Gasteiger partial charge in [-0.1, -0.05) is 24.3 Å². The minimum atomic E-state index is 0.00132. The zero-order chi connectivity index (χ0) is 19.1. The molecule has 5 heteroatoms. The van der Waals surface area contributed by atoms with E-state index in [9.17, 15) is 4.79 Å². The maximum Gasteiger partial charge on any atom is 0.252 e. The first-order valence-corrected chi connectivity index (χ1v) is 9.82. The van der Waals surface area contributed by atoms with Gasteiger partial charge >= 0.3 is 0 Å². The van der Waals surface area contributed by atoms with Crippen molar-refractivity contribution < 1.29 is 9.53 Å². The van der Waals surface area contributed by atoms with Crippen LogP contribution in [0.2, 0.25) is 0 Å². The Morgan fingerprint density at radius 1 is 1.14 bits per heavy atom. The van der Waals surface area contributed by atoms with Crippen molar-refractivity contribution in [3.05, 3.63) is 65.2 Å². The summed E-state index contributed by atoms with van der Waals surface area (Å²) in [6.07, 6.45) is 3.11. The Labute approximate surface area is 164 Å². The number of carbonyl (C=O) groups excluding carboxylic acids is 1. The van der Waals surface area contributed by atoms with Crippen LogP contribution in [0.25, 0.3) is 10.9 Å². The maximum atomic E-state index is 12.9. The number of hydrogen-bond acceptors (Lipinski definition) is 4. The highest BCUT2D eigenvalue weighted by atomic mass is 16.5. The molecule has 3 aromatic rings. The Kier molecular flexibility index (Phi) is 4.15. The Morgan fingerprint density at radius 2 is 2.00 bits per heavy atom. The predicted molar refractivity (Wildman–Crippen MR) is 110 cm³/mol. The second kappa shape index (κ2) is 6.82. The van der Waals surface area contributed by atoms with Crippen molar-refractivity contribution in [3.63, 3.8) is 0 Å². The lowest BCUT2D eigenvalue weighted by Gasteiger charge is -2.30. The summed E-state index contributed by atoms with van der Waals surface area (Å²) in [6.45, 7) is 1.65. The molecule has 0 atom stereocenters. The van der Waals surface area contributed by atoms with E-state index >= 15 is 0 Å². The Bertz CT molecular complexity index is 1060. The van der Waals surface area contributed by atoms with E-state index < -0.39 is 0 Å². The molecule has 1 saturated carbocycles. The van der Waals surface area contributed by atoms with Gasteiger partial charge in [-0.3, -0.25) is 4.79 Å². The molecule has 1 aromatic heterocycles. The molecule has 1 aliphatic carbocycles. The van der Waals surface area contributed by atoms with Crippen LogP contribution in [0.3, 0.4) is 0 Å². The number of nitrogens with one attached hydrogen (secondary N) is 1. The number of para-hydroxylation sites is 1. The van der Waals surface area contributed by atoms with Gasteiger partial charge in [0.05, 0.1) is 18.2 Å². The molecule has 28 heavy (non-hydrogen) atoms. The lowest BCUT2D eigenvalue weighted by Crippen LogP contribution is -2.32. The molecule has 2 aromatic carbocycles. The minimum Gasteiger partial charge on any atom is -0.497 e. The van der Waals surface area contributed by atoms with Crippen LogP contribution in [0.4, 0.5) is 5.82 Å². The van der Waals surface area contributed by atoms with E-state index in [0.717, 1.165) is 54.8 Å². The van der Waals surface area contributed by atoms with Crippen LogP contribution in [-0.4, -0.2) is 30.6 Å². The first kappa shape index (κ1) is 17.0. The molecule has 1 N–H and O–H groups in total. The number of anilines is 1. The molecule has 1 amide bonds. The lowest BCUT2D eigenvalue weighted by atomic mass is 9.99. The number of benzene rings is 2. The number of methoxy groups -OCH3 is 1. The normalized spacial score (nSPS) is 16.0. The topological polar surface area (TPSA) is 54.5 Å². The maximum absolute atomic E-state index is 12.9. The molecule has 5 nitrogen and oxygen atoms in total. The van der Waals surface area contributed by atoms with Gasteiger partial charge in [0.1, 0.15) is 11.6 Å². The number of nitrogens with zero attached hydrogens (tertiary/aromatic N) is 2. The van der Waals surface area contributed by atoms with Crippen LogP contribution in [0.5, 0.6) is 5.75 Å². The fourth-order valence-electron chi connectivity index (χ4n) is 3.86. The van der Waals surface area contributed by atoms with E-state index in [0.29, 0.717) is 11.6 Å². The third-order valence-electron chi connectivity index (χ3n) is 5.61. The summed E-state index contributed by atoms with van der Waals surface area (Å²) in [5.74, 6) is 1.73. The Balaban J connectivity index is 1.52. The largest absolute Gasteiger partial charge is 0.497 e. The van der Waals surface area contributed by atoms with Gasteiger partial charge in [0.2, 0.25) is 0 Å². The number of aromatic nitrogens is 1. The predicted octanol–water partition coefficient (Wildman–Crippen LogP) is 3.70. The SMILES string of the molecule is COc1ccc2c(c1)CN(c1cc(C(=O)NC3CC3)c3ccccc3n1)CC2. The fourth-order valence-corrected chi connectivity index (χ4v) is 3.86. The summed E-state index contributed by atoms with van der Waals surface area (Å²) in [7, 11) is 1.69. The number of pyridine rings is 1. The smallest absolute Gasteiger partial charge is 0.252 e. The van der Waals surface area contributed by atoms with Crippen molar-refractivity contribution in [1.29, 1.82) is 0 Å². The van der Waals surface area contributed by atoms with Gasteiger partial charge in [-0.05, 0) is 54.7 Å². The summed E-state index contributed by atoms with van der Waals surface area (Å²) < 4.78 is 5.39. The zero-order valence-electron chi connectivity index (χ0n) is 15.9. The van der Waals surface area contributed by atoms with E-state index in [1.165, 1.54) is 11.1 Å². The fraction of sp³-hybridized carbons (Fsp3) is 0.304. The number of amides is 1. The number of ether oxygens (including phenoxy) is 1. The highest BCUT2D eigenvalue weighted by molar-refractivity contribution is 6.07. The van der Waals surface area contributed by atoms with Crippen LogP contribution < -0.4 is 15.0 Å². The van der Waals surface area contributed by atoms with Gasteiger partial charge in [0.15, 0.2) is 0 Å². The molecule has 5 rings (SSSR count). The van der Waals surface area contributed by atoms with E-state index in [-0.39, 0.29) is 5.91 Å². The lowest BCUT2D eigenvalue weighted by molar-refractivity contribution is 0.0952. The number of rotatable bonds is 4. The molecule has 142 valence electrons. The highest BCUT2D eigenvalue weighted by Crippen LogP contribution is 2.30. The van der Waals surface area contributed by atoms with Crippen LogP contribution in [0.15, 0.2) is 48.5 Å². The van der Waals surface area contributed by atoms with Crippen molar-refractivity contribution in [2.45, 2.75) is 31.8 Å². The molecule has 1 aliphatic heterocycles. The first-order chi connectivity index (χ1) is 13.7. The van der Waals surface area contributed by atoms with Crippen molar-refractivity contribution >= 4 is 22.6 Å². The molecular formula is C23H23N3O2. The van der Waals surface area contributed by atoms with Crippen molar-refractivity contribution in [2.75, 3.05) is 18.6 Å². The number of fused-ring (bicyclic) bond motifs is 2. The Hall–Kier alpha value is -3.08. The quantitative estimate of drug-likeness (QED) is 0.758. The van der Waals surface area contributed by atoms with Crippen LogP contribution in [-0.2, 0) is 13.0 Å². The standard InChI is InChI=1S/C23H23N3O2/c1-28-18-9-6-15-10-11-26(14-16(15)12-18)22-13-20(23(27)24-17-7-8-17)19-4-2-3-5-21(19)25-22/h2-6,9,12-13,17H,7-8,10-11,14H2,1H3,(H,24,27). The monoisotopic (exact) mass is 373 g/mol. The molecular weight excluding hydrogens is 350 g/mol. The summed E-state index contributed by atoms with van der Waals surface area (Å²) in [5, 5.41) is 4.03. The van der Waals surface area contributed by atoms with Crippen LogP contribution in [0, 0.1) is 0 Å². The molecule has 0 unspecified atom stereocenters. The van der Waals surface area contributed by atoms with Crippen LogP contribution >= 0.6 is 0 Å². The second-order valence-electron chi connectivity index (χ2n) is 7.60. The summed E-state index contributed by atoms with van der Waals surface area (Å²) in [4.78, 5) is 20.0. The van der Waals surface area contributed by atoms with Crippen LogP contribution in [0.1, 0.15) is 34.3 Å². The average Bonchev–Trinajstić information content (AvgIpc) is 3.56. The van der Waals surface area contributed by atoms with E-state index in [1.54, 1.807) is 7.11 Å². The van der Waals surface area contributed by atoms with Gasteiger partial charge in [-0.2, -0.15) is 0 Å². The Morgan fingerprint density at radius 3 is 2.82 bits per heavy atom. The third-order valence-corrected chi connectivity index (χ3v) is 5.61. The number of hydrogen-bond donors (Lipinski definition) is 1. The van der Waals surface area contributed by atoms with Gasteiger partial charge in [-0.25, -0.2) is 4.98 Å². The summed E-state index contributed by atoms with van der Waals surface area (Å²) in [5.41, 5.74) is 4.18. The molecule has 0 bridgehead atoms. The van der Waals surface area contributed by atoms with Gasteiger partial charge < -0.3 is 15.0 Å². The van der Waals surface area contributed by atoms with Crippen molar-refractivity contribution in [1.82, 2.24) is 10.3 Å². The van der Waals surface area contributed by atoms with Crippen molar-refractivity contribution in [3.8, 4) is 5.75 Å². The van der Waals surface area contributed by atoms with E-state index in [4.69, 9.17) is 9.72 Å². The number of carbonyl (C=O) groups is 1. The first-order valence-electron chi connectivity index (χ1n) is 9.82. The molecule has 0 radical (unpaired) electrons. The molecule has 0 spiro atoms. The van der Waals surface area contributed by atoms with Crippen molar-refractivity contribution in [2.24, 2.45) is 0 Å². The second-order valence-corrected chi connectivity index (χ2v) is 7.60. The summed E-state index contributed by atoms with van der Waals surface area (Å²) >= 11 is 0.